The van der Waals surface area contributed by atoms with E-state index in [0.29, 0.717) is 12.8 Å². The van der Waals surface area contributed by atoms with E-state index in [2.05, 4.69) is 67.7 Å². The van der Waals surface area contributed by atoms with Gasteiger partial charge in [-0.3, -0.25) is 18.6 Å². The zero-order valence-electron chi connectivity index (χ0n) is 25.9. The predicted molar refractivity (Wildman–Crippen MR) is 168 cm³/mol. The zero-order valence-corrected chi connectivity index (χ0v) is 26.8. The molecule has 0 saturated carbocycles. The van der Waals surface area contributed by atoms with Gasteiger partial charge >= 0.3 is 19.8 Å². The molecule has 0 radical (unpaired) electrons. The van der Waals surface area contributed by atoms with Gasteiger partial charge < -0.3 is 24.6 Å². The van der Waals surface area contributed by atoms with Gasteiger partial charge in [0, 0.05) is 12.8 Å². The van der Waals surface area contributed by atoms with Crippen LogP contribution in [0.1, 0.15) is 90.9 Å². The number of ether oxygens (including phenoxy) is 2. The maximum absolute atomic E-state index is 12.1. The Morgan fingerprint density at radius 1 is 0.651 bits per heavy atom. The van der Waals surface area contributed by atoms with Gasteiger partial charge in [0.15, 0.2) is 0 Å². The summed E-state index contributed by atoms with van der Waals surface area (Å²) in [5.74, 6) is -1.12. The second kappa shape index (κ2) is 28.4. The fourth-order valence-corrected chi connectivity index (χ4v) is 4.19. The van der Waals surface area contributed by atoms with Crippen LogP contribution in [0.2, 0.25) is 0 Å². The number of carbonyl (C=O) groups is 2. The van der Waals surface area contributed by atoms with Crippen LogP contribution in [-0.4, -0.2) is 65.7 Å². The Morgan fingerprint density at radius 3 is 1.53 bits per heavy atom. The van der Waals surface area contributed by atoms with Crippen molar-refractivity contribution in [3.05, 3.63) is 60.8 Å². The SMILES string of the molecule is CC/C=C\C/C=C\C/C=C\C/C=C\C/C=C\CCCCCC(=O)OC(CO)COP(=O)(O)OCC(CO)OC(=O)CCC. The number of allylic oxidation sites excluding steroid dienone is 10. The van der Waals surface area contributed by atoms with Gasteiger partial charge in [-0.2, -0.15) is 0 Å². The Hall–Kier alpha value is -2.33. The predicted octanol–water partition coefficient (Wildman–Crippen LogP) is 6.43. The van der Waals surface area contributed by atoms with Crippen molar-refractivity contribution >= 4 is 19.8 Å². The molecule has 0 spiro atoms. The minimum Gasteiger partial charge on any atom is -0.457 e. The summed E-state index contributed by atoms with van der Waals surface area (Å²) in [5, 5.41) is 18.7. The summed E-state index contributed by atoms with van der Waals surface area (Å²) in [7, 11) is -4.61. The van der Waals surface area contributed by atoms with Gasteiger partial charge in [0.1, 0.15) is 12.2 Å². The smallest absolute Gasteiger partial charge is 0.457 e. The maximum Gasteiger partial charge on any atom is 0.472 e. The van der Waals surface area contributed by atoms with Crippen LogP contribution in [0.5, 0.6) is 0 Å². The molecular formula is C32H53O10P. The number of phosphoric acid groups is 1. The van der Waals surface area contributed by atoms with Crippen molar-refractivity contribution in [2.45, 2.75) is 103 Å². The highest BCUT2D eigenvalue weighted by molar-refractivity contribution is 7.47. The number of esters is 2. The van der Waals surface area contributed by atoms with E-state index in [0.717, 1.165) is 51.4 Å². The van der Waals surface area contributed by atoms with Crippen LogP contribution in [0.3, 0.4) is 0 Å². The lowest BCUT2D eigenvalue weighted by molar-refractivity contribution is -0.153. The fraction of sp³-hybridized carbons (Fsp3) is 0.625. The van der Waals surface area contributed by atoms with Crippen molar-refractivity contribution in [2.75, 3.05) is 26.4 Å². The molecule has 0 aromatic heterocycles. The monoisotopic (exact) mass is 628 g/mol. The molecule has 0 aliphatic rings. The summed E-state index contributed by atoms with van der Waals surface area (Å²) >= 11 is 0. The Morgan fingerprint density at radius 2 is 1.09 bits per heavy atom. The second-order valence-corrected chi connectivity index (χ2v) is 11.2. The first-order valence-corrected chi connectivity index (χ1v) is 16.7. The van der Waals surface area contributed by atoms with Crippen LogP contribution < -0.4 is 0 Å². The van der Waals surface area contributed by atoms with Crippen molar-refractivity contribution < 1.29 is 47.8 Å². The van der Waals surface area contributed by atoms with E-state index < -0.39 is 58.4 Å². The first-order valence-electron chi connectivity index (χ1n) is 15.2. The second-order valence-electron chi connectivity index (χ2n) is 9.71. The average Bonchev–Trinajstić information content (AvgIpc) is 2.98. The number of carbonyl (C=O) groups excluding carboxylic acids is 2. The highest BCUT2D eigenvalue weighted by Crippen LogP contribution is 2.43. The van der Waals surface area contributed by atoms with Crippen LogP contribution in [0.4, 0.5) is 0 Å². The number of rotatable bonds is 27. The molecule has 10 nitrogen and oxygen atoms in total. The fourth-order valence-electron chi connectivity index (χ4n) is 3.41. The van der Waals surface area contributed by atoms with Crippen LogP contribution in [-0.2, 0) is 32.7 Å². The molecule has 0 saturated heterocycles. The van der Waals surface area contributed by atoms with E-state index in [4.69, 9.17) is 18.5 Å². The molecule has 3 N–H and O–H groups in total. The van der Waals surface area contributed by atoms with Gasteiger partial charge in [0.05, 0.1) is 26.4 Å². The third-order valence-electron chi connectivity index (χ3n) is 5.71. The topological polar surface area (TPSA) is 149 Å². The van der Waals surface area contributed by atoms with Gasteiger partial charge in [-0.1, -0.05) is 81.0 Å². The minimum atomic E-state index is -4.61. The molecular weight excluding hydrogens is 575 g/mol. The van der Waals surface area contributed by atoms with Gasteiger partial charge in [-0.25, -0.2) is 4.57 Å². The van der Waals surface area contributed by atoms with Crippen molar-refractivity contribution in [2.24, 2.45) is 0 Å². The summed E-state index contributed by atoms with van der Waals surface area (Å²) in [6.45, 7) is 1.56. The molecule has 246 valence electrons. The molecule has 3 unspecified atom stereocenters. The lowest BCUT2D eigenvalue weighted by Crippen LogP contribution is -2.28. The number of hydrogen-bond donors (Lipinski definition) is 3. The summed E-state index contributed by atoms with van der Waals surface area (Å²) in [6, 6.07) is 0. The first-order chi connectivity index (χ1) is 20.8. The molecule has 0 aliphatic heterocycles. The van der Waals surface area contributed by atoms with Gasteiger partial charge in [-0.15, -0.1) is 0 Å². The number of aliphatic hydroxyl groups is 2. The van der Waals surface area contributed by atoms with E-state index in [9.17, 15) is 29.3 Å². The van der Waals surface area contributed by atoms with Crippen LogP contribution in [0.15, 0.2) is 60.8 Å². The normalized spacial score (nSPS) is 15.2. The van der Waals surface area contributed by atoms with Crippen LogP contribution >= 0.6 is 7.82 Å². The number of hydrogen-bond acceptors (Lipinski definition) is 9. The van der Waals surface area contributed by atoms with E-state index in [1.807, 2.05) is 0 Å². The summed E-state index contributed by atoms with van der Waals surface area (Å²) in [6.07, 6.45) is 28.3. The lowest BCUT2D eigenvalue weighted by atomic mass is 10.1. The van der Waals surface area contributed by atoms with Crippen molar-refractivity contribution in [1.29, 1.82) is 0 Å². The van der Waals surface area contributed by atoms with E-state index >= 15 is 0 Å². The molecule has 11 heteroatoms. The summed E-state index contributed by atoms with van der Waals surface area (Å²) in [5.41, 5.74) is 0. The zero-order chi connectivity index (χ0) is 32.0. The first kappa shape index (κ1) is 40.7. The Labute approximate surface area is 257 Å². The van der Waals surface area contributed by atoms with Gasteiger partial charge in [0.2, 0.25) is 0 Å². The third-order valence-corrected chi connectivity index (χ3v) is 6.66. The molecule has 43 heavy (non-hydrogen) atoms. The van der Waals surface area contributed by atoms with Gasteiger partial charge in [0.25, 0.3) is 0 Å². The molecule has 0 rings (SSSR count). The van der Waals surface area contributed by atoms with E-state index in [1.54, 1.807) is 6.92 Å². The highest BCUT2D eigenvalue weighted by Gasteiger charge is 2.27. The van der Waals surface area contributed by atoms with Crippen LogP contribution in [0.25, 0.3) is 0 Å². The Bertz CT molecular complexity index is 910. The van der Waals surface area contributed by atoms with Crippen molar-refractivity contribution in [3.63, 3.8) is 0 Å². The molecule has 0 aromatic rings. The Kier molecular flexibility index (Phi) is 26.9. The summed E-state index contributed by atoms with van der Waals surface area (Å²) < 4.78 is 31.6. The maximum atomic E-state index is 12.1. The number of unbranched alkanes of at least 4 members (excludes halogenated alkanes) is 3. The van der Waals surface area contributed by atoms with Gasteiger partial charge in [-0.05, 0) is 57.8 Å². The van der Waals surface area contributed by atoms with Crippen LogP contribution in [0, 0.1) is 0 Å². The number of phosphoric ester groups is 1. The highest BCUT2D eigenvalue weighted by atomic mass is 31.2. The largest absolute Gasteiger partial charge is 0.472 e. The quantitative estimate of drug-likeness (QED) is 0.0402. The molecule has 0 bridgehead atoms. The van der Waals surface area contributed by atoms with Crippen molar-refractivity contribution in [1.82, 2.24) is 0 Å². The third kappa shape index (κ3) is 27.0. The Balaban J connectivity index is 3.99. The molecule has 0 amide bonds. The molecule has 0 fully saturated rings. The standard InChI is InChI=1S/C32H53O10P/c1-3-5-6-7-8-9-10-11-12-13-14-15-16-17-18-19-20-21-22-24-32(36)42-30(26-34)28-40-43(37,38)39-27-29(25-33)41-31(35)23-4-2/h5-6,8-9,11-12,14-15,17-18,29-30,33-34H,3-4,7,10,13,16,19-28H2,1-2H3,(H,37,38)/b6-5-,9-8-,12-11-,15-14-,18-17-. The van der Waals surface area contributed by atoms with Crippen molar-refractivity contribution in [3.8, 4) is 0 Å². The molecule has 3 atom stereocenters. The number of aliphatic hydroxyl groups excluding tert-OH is 2. The molecule has 0 heterocycles. The summed E-state index contributed by atoms with van der Waals surface area (Å²) in [4.78, 5) is 33.4. The minimum absolute atomic E-state index is 0.137. The molecule has 0 aliphatic carbocycles. The lowest BCUT2D eigenvalue weighted by Gasteiger charge is -2.20. The average molecular weight is 629 g/mol. The molecule has 0 aromatic carbocycles. The van der Waals surface area contributed by atoms with E-state index in [1.165, 1.54) is 0 Å². The van der Waals surface area contributed by atoms with E-state index in [-0.39, 0.29) is 12.8 Å².